The summed E-state index contributed by atoms with van der Waals surface area (Å²) >= 11 is 0. The maximum atomic E-state index is 12.8. The molecule has 1 aliphatic carbocycles. The highest BCUT2D eigenvalue weighted by Crippen LogP contribution is 2.25. The van der Waals surface area contributed by atoms with E-state index < -0.39 is 0 Å². The van der Waals surface area contributed by atoms with Gasteiger partial charge >= 0.3 is 0 Å². The van der Waals surface area contributed by atoms with Crippen LogP contribution in [0.25, 0.3) is 10.9 Å². The van der Waals surface area contributed by atoms with Gasteiger partial charge in [-0.15, -0.1) is 0 Å². The lowest BCUT2D eigenvalue weighted by Gasteiger charge is -2.31. The monoisotopic (exact) mass is 418 g/mol. The number of nitrogens with one attached hydrogen (secondary N) is 1. The first-order valence-electron chi connectivity index (χ1n) is 11.1. The lowest BCUT2D eigenvalue weighted by atomic mass is 9.94. The molecule has 1 N–H and O–H groups in total. The van der Waals surface area contributed by atoms with E-state index in [9.17, 15) is 9.59 Å². The van der Waals surface area contributed by atoms with Crippen LogP contribution < -0.4 is 10.9 Å². The third kappa shape index (κ3) is 4.85. The van der Waals surface area contributed by atoms with Gasteiger partial charge in [0.1, 0.15) is 6.54 Å². The van der Waals surface area contributed by atoms with Gasteiger partial charge in [-0.25, -0.2) is 4.98 Å². The van der Waals surface area contributed by atoms with Crippen molar-refractivity contribution in [2.45, 2.75) is 58.2 Å². The van der Waals surface area contributed by atoms with Gasteiger partial charge < -0.3 is 5.32 Å². The van der Waals surface area contributed by atoms with Gasteiger partial charge in [0.25, 0.3) is 5.56 Å². The van der Waals surface area contributed by atoms with Crippen molar-refractivity contribution < 1.29 is 4.79 Å². The number of para-hydroxylation sites is 2. The number of rotatable bonds is 6. The van der Waals surface area contributed by atoms with Gasteiger partial charge in [0.2, 0.25) is 5.91 Å². The number of aromatic nitrogens is 2. The Morgan fingerprint density at radius 3 is 2.71 bits per heavy atom. The number of aryl methyl sites for hydroxylation is 1. The van der Waals surface area contributed by atoms with Crippen LogP contribution in [-0.4, -0.2) is 33.4 Å². The smallest absolute Gasteiger partial charge is 0.261 e. The second-order valence-corrected chi connectivity index (χ2v) is 8.56. The Morgan fingerprint density at radius 1 is 1.13 bits per heavy atom. The van der Waals surface area contributed by atoms with Crippen LogP contribution in [0.15, 0.2) is 53.6 Å². The molecule has 1 saturated carbocycles. The molecule has 0 unspecified atom stereocenters. The number of anilines is 1. The lowest BCUT2D eigenvalue weighted by molar-refractivity contribution is -0.116. The van der Waals surface area contributed by atoms with Crippen LogP contribution in [0.2, 0.25) is 0 Å². The Labute approximate surface area is 182 Å². The minimum absolute atomic E-state index is 0.0670. The molecule has 1 aromatic heterocycles. The van der Waals surface area contributed by atoms with Crippen molar-refractivity contribution in [1.82, 2.24) is 14.5 Å². The number of carbonyl (C=O) groups is 1. The van der Waals surface area contributed by atoms with Crippen LogP contribution in [0.4, 0.5) is 5.69 Å². The van der Waals surface area contributed by atoms with Crippen molar-refractivity contribution in [2.75, 3.05) is 12.4 Å². The van der Waals surface area contributed by atoms with E-state index in [-0.39, 0.29) is 18.0 Å². The second-order valence-electron chi connectivity index (χ2n) is 8.56. The molecule has 3 aromatic rings. The summed E-state index contributed by atoms with van der Waals surface area (Å²) in [6.07, 6.45) is 7.85. The molecule has 1 amide bonds. The van der Waals surface area contributed by atoms with Gasteiger partial charge in [-0.2, -0.15) is 0 Å². The average molecular weight is 419 g/mol. The van der Waals surface area contributed by atoms with Gasteiger partial charge in [0, 0.05) is 18.3 Å². The molecule has 1 heterocycles. The third-order valence-corrected chi connectivity index (χ3v) is 6.28. The lowest BCUT2D eigenvalue weighted by Crippen LogP contribution is -2.33. The van der Waals surface area contributed by atoms with E-state index in [0.717, 1.165) is 23.4 Å². The summed E-state index contributed by atoms with van der Waals surface area (Å²) in [5.74, 6) is -0.233. The zero-order valence-corrected chi connectivity index (χ0v) is 18.3. The maximum Gasteiger partial charge on any atom is 0.261 e. The van der Waals surface area contributed by atoms with Gasteiger partial charge in [-0.05, 0) is 50.1 Å². The van der Waals surface area contributed by atoms with E-state index in [2.05, 4.69) is 28.3 Å². The molecular formula is C25H30N4O2. The summed E-state index contributed by atoms with van der Waals surface area (Å²) in [6, 6.07) is 14.0. The first-order chi connectivity index (χ1) is 15.0. The second kappa shape index (κ2) is 9.43. The molecule has 6 nitrogen and oxygen atoms in total. The fourth-order valence-electron chi connectivity index (χ4n) is 4.49. The number of amides is 1. The molecular weight excluding hydrogens is 388 g/mol. The highest BCUT2D eigenvalue weighted by Gasteiger charge is 2.19. The molecule has 0 saturated heterocycles. The van der Waals surface area contributed by atoms with E-state index in [4.69, 9.17) is 0 Å². The molecule has 0 aliphatic heterocycles. The predicted molar refractivity (Wildman–Crippen MR) is 124 cm³/mol. The highest BCUT2D eigenvalue weighted by atomic mass is 16.2. The predicted octanol–water partition coefficient (Wildman–Crippen LogP) is 4.11. The number of hydrogen-bond acceptors (Lipinski definition) is 4. The number of benzene rings is 2. The van der Waals surface area contributed by atoms with Gasteiger partial charge in [-0.1, -0.05) is 49.6 Å². The Kier molecular flexibility index (Phi) is 6.47. The molecule has 0 spiro atoms. The summed E-state index contributed by atoms with van der Waals surface area (Å²) in [5, 5.41) is 3.53. The van der Waals surface area contributed by atoms with Crippen LogP contribution in [0.1, 0.15) is 43.2 Å². The Hall–Kier alpha value is -2.99. The van der Waals surface area contributed by atoms with Crippen LogP contribution in [0.3, 0.4) is 0 Å². The summed E-state index contributed by atoms with van der Waals surface area (Å²) in [4.78, 5) is 32.3. The fourth-order valence-corrected chi connectivity index (χ4v) is 4.49. The van der Waals surface area contributed by atoms with Gasteiger partial charge in [0.05, 0.1) is 17.2 Å². The first kappa shape index (κ1) is 21.2. The quantitative estimate of drug-likeness (QED) is 0.654. The number of fused-ring (bicyclic) bond motifs is 1. The standard InChI is InChI=1S/C25H30N4O2/c1-18-9-8-13-21-24(18)26-17-29(25(21)31)16-23(30)27-22-14-7-6-10-19(22)15-28(2)20-11-4-3-5-12-20/h6-10,13-14,17,20H,3-5,11-12,15-16H2,1-2H3,(H,27,30). The van der Waals surface area contributed by atoms with E-state index in [1.807, 2.05) is 37.3 Å². The molecule has 4 rings (SSSR count). The SMILES string of the molecule is Cc1cccc2c(=O)n(CC(=O)Nc3ccccc3CN(C)C3CCCCC3)cnc12. The Morgan fingerprint density at radius 2 is 1.90 bits per heavy atom. The van der Waals surface area contributed by atoms with Crippen molar-refractivity contribution in [3.8, 4) is 0 Å². The molecule has 162 valence electrons. The van der Waals surface area contributed by atoms with E-state index in [0.29, 0.717) is 16.9 Å². The minimum atomic E-state index is -0.233. The first-order valence-corrected chi connectivity index (χ1v) is 11.1. The molecule has 0 radical (unpaired) electrons. The van der Waals surface area contributed by atoms with E-state index in [1.165, 1.54) is 43.0 Å². The minimum Gasteiger partial charge on any atom is -0.324 e. The zero-order valence-electron chi connectivity index (χ0n) is 18.3. The summed E-state index contributed by atoms with van der Waals surface area (Å²) in [6.45, 7) is 2.65. The van der Waals surface area contributed by atoms with Crippen molar-refractivity contribution in [3.63, 3.8) is 0 Å². The van der Waals surface area contributed by atoms with Crippen molar-refractivity contribution in [3.05, 3.63) is 70.3 Å². The van der Waals surface area contributed by atoms with Crippen molar-refractivity contribution in [2.24, 2.45) is 0 Å². The summed E-state index contributed by atoms with van der Waals surface area (Å²) in [5.41, 5.74) is 3.31. The summed E-state index contributed by atoms with van der Waals surface area (Å²) in [7, 11) is 2.16. The van der Waals surface area contributed by atoms with Crippen LogP contribution in [-0.2, 0) is 17.9 Å². The topological polar surface area (TPSA) is 67.2 Å². The van der Waals surface area contributed by atoms with Crippen molar-refractivity contribution >= 4 is 22.5 Å². The highest BCUT2D eigenvalue weighted by molar-refractivity contribution is 5.91. The van der Waals surface area contributed by atoms with Crippen molar-refractivity contribution in [1.29, 1.82) is 0 Å². The maximum absolute atomic E-state index is 12.8. The normalized spacial score (nSPS) is 14.8. The largest absolute Gasteiger partial charge is 0.324 e. The molecule has 6 heteroatoms. The third-order valence-electron chi connectivity index (χ3n) is 6.28. The molecule has 0 bridgehead atoms. The zero-order chi connectivity index (χ0) is 21.8. The number of nitrogens with zero attached hydrogens (tertiary/aromatic N) is 3. The summed E-state index contributed by atoms with van der Waals surface area (Å²) < 4.78 is 1.37. The number of hydrogen-bond donors (Lipinski definition) is 1. The fraction of sp³-hybridized carbons (Fsp3) is 0.400. The molecule has 0 atom stereocenters. The van der Waals surface area contributed by atoms with Gasteiger partial charge in [0.15, 0.2) is 0 Å². The Balaban J connectivity index is 1.47. The van der Waals surface area contributed by atoms with E-state index >= 15 is 0 Å². The van der Waals surface area contributed by atoms with Crippen LogP contribution in [0, 0.1) is 6.92 Å². The number of carbonyl (C=O) groups excluding carboxylic acids is 1. The molecule has 2 aromatic carbocycles. The molecule has 1 aliphatic rings. The van der Waals surface area contributed by atoms with Gasteiger partial charge in [-0.3, -0.25) is 19.1 Å². The molecule has 31 heavy (non-hydrogen) atoms. The van der Waals surface area contributed by atoms with E-state index in [1.54, 1.807) is 6.07 Å². The Bertz CT molecular complexity index is 1130. The van der Waals surface area contributed by atoms with Crippen LogP contribution in [0.5, 0.6) is 0 Å². The van der Waals surface area contributed by atoms with Crippen LogP contribution >= 0.6 is 0 Å². The molecule has 1 fully saturated rings. The average Bonchev–Trinajstić information content (AvgIpc) is 2.78.